The molecule has 22 heavy (non-hydrogen) atoms. The molecule has 0 aromatic carbocycles. The highest BCUT2D eigenvalue weighted by atomic mass is 32.2. The van der Waals surface area contributed by atoms with Crippen molar-refractivity contribution in [1.82, 2.24) is 14.2 Å². The van der Waals surface area contributed by atoms with Crippen LogP contribution in [0.3, 0.4) is 0 Å². The number of nitrogens with zero attached hydrogens (tertiary/aromatic N) is 3. The largest absolute Gasteiger partial charge is 0.300 e. The molecule has 0 saturated carbocycles. The molecule has 0 aliphatic carbocycles. The number of aromatic nitrogens is 1. The second-order valence-corrected chi connectivity index (χ2v) is 8.23. The zero-order valence-electron chi connectivity index (χ0n) is 12.3. The van der Waals surface area contributed by atoms with Gasteiger partial charge in [-0.05, 0) is 30.0 Å². The van der Waals surface area contributed by atoms with Gasteiger partial charge in [0.2, 0.25) is 10.0 Å². The maximum atomic E-state index is 12.5. The van der Waals surface area contributed by atoms with E-state index in [1.54, 1.807) is 34.0 Å². The van der Waals surface area contributed by atoms with Crippen LogP contribution in [0.5, 0.6) is 0 Å². The maximum Gasteiger partial charge on any atom is 0.244 e. The average molecular weight is 337 g/mol. The highest BCUT2D eigenvalue weighted by molar-refractivity contribution is 7.89. The van der Waals surface area contributed by atoms with E-state index in [4.69, 9.17) is 0 Å². The van der Waals surface area contributed by atoms with Gasteiger partial charge < -0.3 is 4.90 Å². The van der Waals surface area contributed by atoms with E-state index in [2.05, 4.69) is 27.4 Å². The number of sulfonamides is 1. The molecule has 1 aliphatic rings. The Morgan fingerprint density at radius 3 is 2.59 bits per heavy atom. The van der Waals surface area contributed by atoms with Gasteiger partial charge in [-0.3, -0.25) is 4.98 Å². The molecule has 118 valence electrons. The molecule has 0 radical (unpaired) electrons. The van der Waals surface area contributed by atoms with E-state index in [1.165, 1.54) is 11.1 Å². The van der Waals surface area contributed by atoms with Crippen LogP contribution >= 0.6 is 11.3 Å². The van der Waals surface area contributed by atoms with Crippen molar-refractivity contribution in [3.8, 4) is 0 Å². The highest BCUT2D eigenvalue weighted by Gasteiger charge is 2.28. The summed E-state index contributed by atoms with van der Waals surface area (Å²) in [5.41, 5.74) is 0. The SMILES string of the molecule is O=S(=O)(c1cccnc1)N1CCN(CCc2cccs2)CC1. The Morgan fingerprint density at radius 1 is 1.14 bits per heavy atom. The fourth-order valence-corrected chi connectivity index (χ4v) is 4.65. The lowest BCUT2D eigenvalue weighted by Crippen LogP contribution is -2.48. The van der Waals surface area contributed by atoms with E-state index in [9.17, 15) is 8.42 Å². The van der Waals surface area contributed by atoms with Crippen molar-refractivity contribution in [2.24, 2.45) is 0 Å². The van der Waals surface area contributed by atoms with Crippen LogP contribution in [0, 0.1) is 0 Å². The van der Waals surface area contributed by atoms with Crippen LogP contribution in [0.1, 0.15) is 4.88 Å². The number of hydrogen-bond acceptors (Lipinski definition) is 5. The fraction of sp³-hybridized carbons (Fsp3) is 0.400. The molecule has 2 aromatic heterocycles. The van der Waals surface area contributed by atoms with Crippen molar-refractivity contribution in [2.45, 2.75) is 11.3 Å². The fourth-order valence-electron chi connectivity index (χ4n) is 2.57. The molecule has 7 heteroatoms. The molecule has 0 N–H and O–H groups in total. The lowest BCUT2D eigenvalue weighted by molar-refractivity contribution is 0.190. The summed E-state index contributed by atoms with van der Waals surface area (Å²) in [5, 5.41) is 2.09. The first-order chi connectivity index (χ1) is 10.7. The average Bonchev–Trinajstić information content (AvgIpc) is 3.08. The van der Waals surface area contributed by atoms with E-state index in [0.29, 0.717) is 13.1 Å². The summed E-state index contributed by atoms with van der Waals surface area (Å²) < 4.78 is 26.6. The Labute approximate surface area is 135 Å². The van der Waals surface area contributed by atoms with Gasteiger partial charge in [0, 0.05) is 50.0 Å². The third-order valence-corrected chi connectivity index (χ3v) is 6.68. The van der Waals surface area contributed by atoms with Crippen molar-refractivity contribution in [2.75, 3.05) is 32.7 Å². The van der Waals surface area contributed by atoms with Crippen LogP contribution in [0.15, 0.2) is 46.9 Å². The maximum absolute atomic E-state index is 12.5. The topological polar surface area (TPSA) is 53.5 Å². The van der Waals surface area contributed by atoms with Crippen molar-refractivity contribution >= 4 is 21.4 Å². The van der Waals surface area contributed by atoms with Gasteiger partial charge in [0.05, 0.1) is 0 Å². The van der Waals surface area contributed by atoms with Crippen LogP contribution in [-0.2, 0) is 16.4 Å². The summed E-state index contributed by atoms with van der Waals surface area (Å²) >= 11 is 1.77. The number of thiophene rings is 1. The minimum Gasteiger partial charge on any atom is -0.300 e. The first kappa shape index (κ1) is 15.6. The summed E-state index contributed by atoms with van der Waals surface area (Å²) in [6.45, 7) is 3.64. The predicted octanol–water partition coefficient (Wildman–Crippen LogP) is 1.69. The number of pyridine rings is 1. The monoisotopic (exact) mass is 337 g/mol. The lowest BCUT2D eigenvalue weighted by atomic mass is 10.3. The van der Waals surface area contributed by atoms with E-state index in [-0.39, 0.29) is 4.90 Å². The molecule has 1 fully saturated rings. The third-order valence-electron chi connectivity index (χ3n) is 3.86. The van der Waals surface area contributed by atoms with Crippen LogP contribution in [0.4, 0.5) is 0 Å². The van der Waals surface area contributed by atoms with E-state index in [0.717, 1.165) is 26.1 Å². The zero-order valence-corrected chi connectivity index (χ0v) is 13.9. The van der Waals surface area contributed by atoms with Gasteiger partial charge in [0.15, 0.2) is 0 Å². The third kappa shape index (κ3) is 3.55. The molecule has 1 saturated heterocycles. The van der Waals surface area contributed by atoms with Crippen LogP contribution in [0.2, 0.25) is 0 Å². The van der Waals surface area contributed by atoms with E-state index in [1.807, 2.05) is 0 Å². The van der Waals surface area contributed by atoms with Gasteiger partial charge in [0.1, 0.15) is 4.90 Å². The van der Waals surface area contributed by atoms with Crippen molar-refractivity contribution in [3.05, 3.63) is 46.9 Å². The molecule has 1 aliphatic heterocycles. The van der Waals surface area contributed by atoms with Crippen molar-refractivity contribution in [3.63, 3.8) is 0 Å². The van der Waals surface area contributed by atoms with Crippen LogP contribution in [0.25, 0.3) is 0 Å². The number of hydrogen-bond donors (Lipinski definition) is 0. The normalized spacial score (nSPS) is 17.6. The molecule has 3 heterocycles. The Kier molecular flexibility index (Phi) is 4.87. The number of rotatable bonds is 5. The molecule has 3 rings (SSSR count). The van der Waals surface area contributed by atoms with Gasteiger partial charge in [0.25, 0.3) is 0 Å². The van der Waals surface area contributed by atoms with Crippen LogP contribution in [-0.4, -0.2) is 55.3 Å². The second-order valence-electron chi connectivity index (χ2n) is 5.26. The molecule has 0 atom stereocenters. The summed E-state index contributed by atoms with van der Waals surface area (Å²) in [7, 11) is -3.40. The van der Waals surface area contributed by atoms with Crippen molar-refractivity contribution < 1.29 is 8.42 Å². The van der Waals surface area contributed by atoms with E-state index < -0.39 is 10.0 Å². The minimum absolute atomic E-state index is 0.280. The predicted molar refractivity (Wildman–Crippen MR) is 87.5 cm³/mol. The molecule has 5 nitrogen and oxygen atoms in total. The Balaban J connectivity index is 1.55. The molecule has 0 bridgehead atoms. The standard InChI is InChI=1S/C15H19N3O2S2/c19-22(20,15-4-1-6-16-13-15)18-10-8-17(9-11-18)7-5-14-3-2-12-21-14/h1-4,6,12-13H,5,7-11H2. The number of piperazine rings is 1. The van der Waals surface area contributed by atoms with Gasteiger partial charge in [-0.1, -0.05) is 6.07 Å². The molecular weight excluding hydrogens is 318 g/mol. The second kappa shape index (κ2) is 6.87. The Hall–Kier alpha value is -1.28. The molecular formula is C15H19N3O2S2. The van der Waals surface area contributed by atoms with Crippen LogP contribution < -0.4 is 0 Å². The van der Waals surface area contributed by atoms with Crippen molar-refractivity contribution in [1.29, 1.82) is 0 Å². The molecule has 0 spiro atoms. The van der Waals surface area contributed by atoms with Gasteiger partial charge >= 0.3 is 0 Å². The summed E-state index contributed by atoms with van der Waals surface area (Å²) in [6, 6.07) is 7.47. The summed E-state index contributed by atoms with van der Waals surface area (Å²) in [5.74, 6) is 0. The van der Waals surface area contributed by atoms with Gasteiger partial charge in [-0.2, -0.15) is 4.31 Å². The summed E-state index contributed by atoms with van der Waals surface area (Å²) in [4.78, 5) is 7.89. The highest BCUT2D eigenvalue weighted by Crippen LogP contribution is 2.17. The Bertz CT molecular complexity index is 679. The zero-order chi connectivity index (χ0) is 15.4. The Morgan fingerprint density at radius 2 is 1.95 bits per heavy atom. The first-order valence-electron chi connectivity index (χ1n) is 7.31. The molecule has 0 unspecified atom stereocenters. The molecule has 2 aromatic rings. The lowest BCUT2D eigenvalue weighted by Gasteiger charge is -2.33. The first-order valence-corrected chi connectivity index (χ1v) is 9.63. The smallest absolute Gasteiger partial charge is 0.244 e. The molecule has 0 amide bonds. The summed E-state index contributed by atoms with van der Waals surface area (Å²) in [6.07, 6.45) is 4.03. The quantitative estimate of drug-likeness (QED) is 0.833. The minimum atomic E-state index is -3.40. The van der Waals surface area contributed by atoms with Gasteiger partial charge in [-0.15, -0.1) is 11.3 Å². The van der Waals surface area contributed by atoms with E-state index >= 15 is 0 Å². The van der Waals surface area contributed by atoms with Gasteiger partial charge in [-0.25, -0.2) is 8.42 Å².